The third kappa shape index (κ3) is 4.40. The third-order valence-corrected chi connectivity index (χ3v) is 3.04. The minimum atomic E-state index is -0.263. The van der Waals surface area contributed by atoms with Crippen molar-refractivity contribution in [3.05, 3.63) is 28.8 Å². The van der Waals surface area contributed by atoms with Gasteiger partial charge in [0, 0.05) is 43.4 Å². The summed E-state index contributed by atoms with van der Waals surface area (Å²) in [5, 5.41) is 13.0. The first-order chi connectivity index (χ1) is 8.76. The number of nitrogens with zero attached hydrogens (tertiary/aromatic N) is 1. The summed E-state index contributed by atoms with van der Waals surface area (Å²) in [6.07, 6.45) is 0. The van der Waals surface area contributed by atoms with Gasteiger partial charge >= 0.3 is 0 Å². The minimum Gasteiger partial charge on any atom is -0.396 e. The summed E-state index contributed by atoms with van der Waals surface area (Å²) in [5.41, 5.74) is 0.997. The number of hydrogen-bond donors (Lipinski definition) is 2. The maximum Gasteiger partial charge on any atom is 0.255 e. The van der Waals surface area contributed by atoms with Crippen LogP contribution in [0.25, 0.3) is 0 Å². The van der Waals surface area contributed by atoms with Crippen molar-refractivity contribution in [2.24, 2.45) is 5.41 Å². The van der Waals surface area contributed by atoms with Gasteiger partial charge in [-0.1, -0.05) is 25.4 Å². The van der Waals surface area contributed by atoms with Gasteiger partial charge in [-0.2, -0.15) is 0 Å². The normalized spacial score (nSPS) is 11.3. The van der Waals surface area contributed by atoms with Gasteiger partial charge in [-0.05, 0) is 18.2 Å². The van der Waals surface area contributed by atoms with E-state index in [-0.39, 0.29) is 17.9 Å². The van der Waals surface area contributed by atoms with Crippen LogP contribution in [-0.4, -0.2) is 43.2 Å². The van der Waals surface area contributed by atoms with E-state index in [9.17, 15) is 9.90 Å². The van der Waals surface area contributed by atoms with E-state index in [1.54, 1.807) is 32.3 Å². The first-order valence-corrected chi connectivity index (χ1v) is 6.50. The van der Waals surface area contributed by atoms with Crippen LogP contribution in [-0.2, 0) is 0 Å². The van der Waals surface area contributed by atoms with Gasteiger partial charge in [0.05, 0.1) is 5.56 Å². The van der Waals surface area contributed by atoms with Gasteiger partial charge in [0.1, 0.15) is 0 Å². The number of anilines is 1. The van der Waals surface area contributed by atoms with E-state index in [2.05, 4.69) is 5.32 Å². The Morgan fingerprint density at radius 2 is 2.05 bits per heavy atom. The van der Waals surface area contributed by atoms with Crippen LogP contribution >= 0.6 is 11.6 Å². The molecule has 1 rings (SSSR count). The number of benzene rings is 1. The van der Waals surface area contributed by atoms with Crippen LogP contribution in [0.2, 0.25) is 5.02 Å². The number of aliphatic hydroxyl groups is 1. The lowest BCUT2D eigenvalue weighted by molar-refractivity contribution is 0.0828. The summed E-state index contributed by atoms with van der Waals surface area (Å²) in [4.78, 5) is 13.6. The highest BCUT2D eigenvalue weighted by Crippen LogP contribution is 2.24. The van der Waals surface area contributed by atoms with Gasteiger partial charge in [0.25, 0.3) is 5.91 Å². The summed E-state index contributed by atoms with van der Waals surface area (Å²) < 4.78 is 0. The van der Waals surface area contributed by atoms with Crippen LogP contribution in [0, 0.1) is 5.41 Å². The van der Waals surface area contributed by atoms with Crippen LogP contribution in [0.3, 0.4) is 0 Å². The van der Waals surface area contributed by atoms with Crippen LogP contribution < -0.4 is 5.32 Å². The summed E-state index contributed by atoms with van der Waals surface area (Å²) >= 11 is 5.97. The Hall–Kier alpha value is -1.26. The van der Waals surface area contributed by atoms with Gasteiger partial charge in [-0.3, -0.25) is 4.79 Å². The molecule has 1 amide bonds. The third-order valence-electron chi connectivity index (χ3n) is 2.80. The molecule has 1 aromatic rings. The van der Waals surface area contributed by atoms with E-state index < -0.39 is 0 Å². The molecule has 5 heteroatoms. The average molecular weight is 285 g/mol. The molecule has 0 unspecified atom stereocenters. The van der Waals surface area contributed by atoms with Crippen LogP contribution in [0.1, 0.15) is 24.2 Å². The molecule has 0 aliphatic carbocycles. The fourth-order valence-electron chi connectivity index (χ4n) is 1.48. The van der Waals surface area contributed by atoms with Crippen molar-refractivity contribution in [1.82, 2.24) is 4.90 Å². The van der Waals surface area contributed by atoms with Gasteiger partial charge < -0.3 is 15.3 Å². The molecule has 1 aromatic carbocycles. The molecule has 2 N–H and O–H groups in total. The summed E-state index contributed by atoms with van der Waals surface area (Å²) in [6.45, 7) is 4.51. The molecule has 4 nitrogen and oxygen atoms in total. The molecule has 0 saturated carbocycles. The Morgan fingerprint density at radius 3 is 2.58 bits per heavy atom. The molecule has 0 saturated heterocycles. The zero-order valence-electron chi connectivity index (χ0n) is 11.8. The van der Waals surface area contributed by atoms with Crippen molar-refractivity contribution in [3.8, 4) is 0 Å². The standard InChI is InChI=1S/C14H21ClN2O2/c1-14(2,9-18)8-16-12-7-10(15)5-6-11(12)13(19)17(3)4/h5-7,16,18H,8-9H2,1-4H3. The number of nitrogens with one attached hydrogen (secondary N) is 1. The highest BCUT2D eigenvalue weighted by molar-refractivity contribution is 6.31. The van der Waals surface area contributed by atoms with E-state index >= 15 is 0 Å². The molecule has 0 radical (unpaired) electrons. The quantitative estimate of drug-likeness (QED) is 0.873. The molecule has 0 bridgehead atoms. The first kappa shape index (κ1) is 15.8. The molecule has 0 aliphatic heterocycles. The summed E-state index contributed by atoms with van der Waals surface area (Å²) in [6, 6.07) is 5.13. The zero-order chi connectivity index (χ0) is 14.6. The number of rotatable bonds is 5. The molecular weight excluding hydrogens is 264 g/mol. The molecule has 0 fully saturated rings. The van der Waals surface area contributed by atoms with Gasteiger partial charge in [-0.25, -0.2) is 0 Å². The number of amides is 1. The topological polar surface area (TPSA) is 52.6 Å². The smallest absolute Gasteiger partial charge is 0.255 e. The van der Waals surface area contributed by atoms with Crippen molar-refractivity contribution >= 4 is 23.2 Å². The fraction of sp³-hybridized carbons (Fsp3) is 0.500. The molecule has 106 valence electrons. The van der Waals surface area contributed by atoms with E-state index in [0.29, 0.717) is 22.8 Å². The second kappa shape index (κ2) is 6.26. The number of aliphatic hydroxyl groups excluding tert-OH is 1. The summed E-state index contributed by atoms with van der Waals surface area (Å²) in [7, 11) is 3.41. The van der Waals surface area contributed by atoms with Gasteiger partial charge in [-0.15, -0.1) is 0 Å². The molecule has 0 aliphatic rings. The predicted octanol–water partition coefficient (Wildman–Crippen LogP) is 2.47. The maximum atomic E-state index is 12.1. The second-order valence-electron chi connectivity index (χ2n) is 5.57. The van der Waals surface area contributed by atoms with Crippen molar-refractivity contribution in [3.63, 3.8) is 0 Å². The Balaban J connectivity index is 2.98. The van der Waals surface area contributed by atoms with E-state index in [1.807, 2.05) is 13.8 Å². The molecule has 0 spiro atoms. The van der Waals surface area contributed by atoms with Crippen molar-refractivity contribution in [1.29, 1.82) is 0 Å². The Labute approximate surface area is 119 Å². The molecule has 19 heavy (non-hydrogen) atoms. The lowest BCUT2D eigenvalue weighted by Gasteiger charge is -2.24. The first-order valence-electron chi connectivity index (χ1n) is 6.13. The number of carbonyl (C=O) groups excluding carboxylic acids is 1. The predicted molar refractivity (Wildman–Crippen MR) is 78.8 cm³/mol. The lowest BCUT2D eigenvalue weighted by Crippen LogP contribution is -2.28. The SMILES string of the molecule is CN(C)C(=O)c1ccc(Cl)cc1NCC(C)(C)CO. The molecule has 0 heterocycles. The Morgan fingerprint density at radius 1 is 1.42 bits per heavy atom. The minimum absolute atomic E-state index is 0.0670. The van der Waals surface area contributed by atoms with Crippen molar-refractivity contribution < 1.29 is 9.90 Å². The van der Waals surface area contributed by atoms with Gasteiger partial charge in [0.2, 0.25) is 0 Å². The number of hydrogen-bond acceptors (Lipinski definition) is 3. The monoisotopic (exact) mass is 284 g/mol. The number of carbonyl (C=O) groups is 1. The Kier molecular flexibility index (Phi) is 5.20. The second-order valence-corrected chi connectivity index (χ2v) is 6.00. The van der Waals surface area contributed by atoms with Crippen LogP contribution in [0.4, 0.5) is 5.69 Å². The average Bonchev–Trinajstić information content (AvgIpc) is 2.35. The highest BCUT2D eigenvalue weighted by atomic mass is 35.5. The largest absolute Gasteiger partial charge is 0.396 e. The Bertz CT molecular complexity index is 459. The summed E-state index contributed by atoms with van der Waals surface area (Å²) in [5.74, 6) is -0.0824. The van der Waals surface area contributed by atoms with Crippen LogP contribution in [0.5, 0.6) is 0 Å². The van der Waals surface area contributed by atoms with E-state index in [0.717, 1.165) is 0 Å². The zero-order valence-corrected chi connectivity index (χ0v) is 12.6. The molecule has 0 aromatic heterocycles. The lowest BCUT2D eigenvalue weighted by atomic mass is 9.94. The van der Waals surface area contributed by atoms with E-state index in [1.165, 1.54) is 4.90 Å². The van der Waals surface area contributed by atoms with Crippen molar-refractivity contribution in [2.75, 3.05) is 32.6 Å². The fourth-order valence-corrected chi connectivity index (χ4v) is 1.65. The molecule has 0 atom stereocenters. The van der Waals surface area contributed by atoms with Crippen LogP contribution in [0.15, 0.2) is 18.2 Å². The van der Waals surface area contributed by atoms with E-state index in [4.69, 9.17) is 11.6 Å². The molecular formula is C14H21ClN2O2. The number of halogens is 1. The highest BCUT2D eigenvalue weighted by Gasteiger charge is 2.19. The van der Waals surface area contributed by atoms with Gasteiger partial charge in [0.15, 0.2) is 0 Å². The van der Waals surface area contributed by atoms with Crippen molar-refractivity contribution in [2.45, 2.75) is 13.8 Å². The maximum absolute atomic E-state index is 12.1.